The summed E-state index contributed by atoms with van der Waals surface area (Å²) in [4.78, 5) is 12.3. The van der Waals surface area contributed by atoms with E-state index in [1.807, 2.05) is 11.4 Å². The van der Waals surface area contributed by atoms with Gasteiger partial charge in [-0.2, -0.15) is 5.10 Å². The highest BCUT2D eigenvalue weighted by Gasteiger charge is 2.08. The Bertz CT molecular complexity index is 349. The average molecular weight is 222 g/mol. The van der Waals surface area contributed by atoms with E-state index >= 15 is 0 Å². The van der Waals surface area contributed by atoms with E-state index in [0.29, 0.717) is 0 Å². The Kier molecular flexibility index (Phi) is 3.50. The molecule has 4 heteroatoms. The molecule has 0 aromatic carbocycles. The maximum Gasteiger partial charge on any atom is 0.281 e. The van der Waals surface area contributed by atoms with Crippen LogP contribution in [0.3, 0.4) is 0 Å². The molecule has 0 spiro atoms. The maximum absolute atomic E-state index is 11.5. The third-order valence-electron chi connectivity index (χ3n) is 2.49. The van der Waals surface area contributed by atoms with Crippen molar-refractivity contribution in [3.63, 3.8) is 0 Å². The zero-order valence-corrected chi connectivity index (χ0v) is 9.35. The van der Waals surface area contributed by atoms with E-state index in [0.717, 1.165) is 23.4 Å². The number of hydrogen-bond donors (Lipinski definition) is 1. The molecule has 1 aliphatic carbocycles. The number of thiophene rings is 1. The quantitative estimate of drug-likeness (QED) is 0.768. The smallest absolute Gasteiger partial charge is 0.266 e. The van der Waals surface area contributed by atoms with Gasteiger partial charge < -0.3 is 0 Å². The Morgan fingerprint density at radius 2 is 2.13 bits per heavy atom. The molecule has 0 aliphatic heterocycles. The Hall–Kier alpha value is -1.16. The number of hydrazone groups is 1. The van der Waals surface area contributed by atoms with Gasteiger partial charge in [0, 0.05) is 5.71 Å². The second kappa shape index (κ2) is 5.07. The van der Waals surface area contributed by atoms with E-state index in [1.165, 1.54) is 30.6 Å². The normalized spacial score (nSPS) is 16.1. The fourth-order valence-electron chi connectivity index (χ4n) is 1.66. The number of nitrogens with one attached hydrogen (secondary N) is 1. The molecule has 1 N–H and O–H groups in total. The predicted octanol–water partition coefficient (Wildman–Crippen LogP) is 2.80. The van der Waals surface area contributed by atoms with Crippen molar-refractivity contribution in [2.24, 2.45) is 5.10 Å². The minimum atomic E-state index is -0.0944. The van der Waals surface area contributed by atoms with Crippen LogP contribution >= 0.6 is 11.3 Å². The SMILES string of the molecule is O=C(NN=C1CCCCC1)c1cccs1. The van der Waals surface area contributed by atoms with E-state index < -0.39 is 0 Å². The monoisotopic (exact) mass is 222 g/mol. The summed E-state index contributed by atoms with van der Waals surface area (Å²) in [7, 11) is 0. The molecule has 1 heterocycles. The van der Waals surface area contributed by atoms with Gasteiger partial charge in [0.2, 0.25) is 0 Å². The van der Waals surface area contributed by atoms with E-state index in [-0.39, 0.29) is 5.91 Å². The lowest BCUT2D eigenvalue weighted by Gasteiger charge is -2.11. The molecule has 1 fully saturated rings. The largest absolute Gasteiger partial charge is 0.281 e. The molecule has 15 heavy (non-hydrogen) atoms. The number of nitrogens with zero attached hydrogens (tertiary/aromatic N) is 1. The average Bonchev–Trinajstić information content (AvgIpc) is 2.81. The van der Waals surface area contributed by atoms with Crippen molar-refractivity contribution in [2.75, 3.05) is 0 Å². The number of carbonyl (C=O) groups excluding carboxylic acids is 1. The van der Waals surface area contributed by atoms with E-state index in [1.54, 1.807) is 6.07 Å². The minimum Gasteiger partial charge on any atom is -0.266 e. The first-order valence-electron chi connectivity index (χ1n) is 5.25. The molecule has 0 radical (unpaired) electrons. The number of rotatable bonds is 2. The highest BCUT2D eigenvalue weighted by Crippen LogP contribution is 2.14. The summed E-state index contributed by atoms with van der Waals surface area (Å²) in [5, 5.41) is 6.05. The summed E-state index contributed by atoms with van der Waals surface area (Å²) >= 11 is 1.44. The Morgan fingerprint density at radius 3 is 2.80 bits per heavy atom. The first-order valence-corrected chi connectivity index (χ1v) is 6.13. The van der Waals surface area contributed by atoms with E-state index in [2.05, 4.69) is 10.5 Å². The predicted molar refractivity (Wildman–Crippen MR) is 62.3 cm³/mol. The molecule has 80 valence electrons. The third-order valence-corrected chi connectivity index (χ3v) is 3.36. The summed E-state index contributed by atoms with van der Waals surface area (Å²) in [6, 6.07) is 3.67. The third kappa shape index (κ3) is 2.89. The fraction of sp³-hybridized carbons (Fsp3) is 0.455. The molecule has 0 atom stereocenters. The van der Waals surface area contributed by atoms with Crippen LogP contribution in [0.25, 0.3) is 0 Å². The lowest BCUT2D eigenvalue weighted by Crippen LogP contribution is -2.19. The summed E-state index contributed by atoms with van der Waals surface area (Å²) in [5.74, 6) is -0.0944. The van der Waals surface area contributed by atoms with Crippen molar-refractivity contribution in [1.29, 1.82) is 0 Å². The molecule has 0 unspecified atom stereocenters. The van der Waals surface area contributed by atoms with Gasteiger partial charge in [-0.25, -0.2) is 5.43 Å². The molecule has 1 aromatic rings. The minimum absolute atomic E-state index is 0.0944. The van der Waals surface area contributed by atoms with Gasteiger partial charge in [0.15, 0.2) is 0 Å². The Balaban J connectivity index is 1.89. The van der Waals surface area contributed by atoms with Gasteiger partial charge in [0.05, 0.1) is 4.88 Å². The maximum atomic E-state index is 11.5. The van der Waals surface area contributed by atoms with Crippen molar-refractivity contribution in [1.82, 2.24) is 5.43 Å². The zero-order valence-electron chi connectivity index (χ0n) is 8.53. The molecule has 0 bridgehead atoms. The van der Waals surface area contributed by atoms with Crippen molar-refractivity contribution in [3.05, 3.63) is 22.4 Å². The van der Waals surface area contributed by atoms with Crippen LogP contribution < -0.4 is 5.43 Å². The van der Waals surface area contributed by atoms with Gasteiger partial charge in [-0.15, -0.1) is 11.3 Å². The lowest BCUT2D eigenvalue weighted by atomic mass is 9.99. The van der Waals surface area contributed by atoms with Crippen molar-refractivity contribution in [2.45, 2.75) is 32.1 Å². The van der Waals surface area contributed by atoms with Gasteiger partial charge in [-0.05, 0) is 37.1 Å². The molecular weight excluding hydrogens is 208 g/mol. The molecule has 1 saturated carbocycles. The van der Waals surface area contributed by atoms with Crippen molar-refractivity contribution < 1.29 is 4.79 Å². The molecule has 0 saturated heterocycles. The first-order chi connectivity index (χ1) is 7.36. The van der Waals surface area contributed by atoms with Crippen LogP contribution in [0.4, 0.5) is 0 Å². The summed E-state index contributed by atoms with van der Waals surface area (Å²) in [6.07, 6.45) is 5.76. The van der Waals surface area contributed by atoms with Gasteiger partial charge in [-0.3, -0.25) is 4.79 Å². The second-order valence-electron chi connectivity index (χ2n) is 3.66. The van der Waals surface area contributed by atoms with Crippen LogP contribution in [0.1, 0.15) is 41.8 Å². The Labute approximate surface area is 93.2 Å². The van der Waals surface area contributed by atoms with Crippen molar-refractivity contribution >= 4 is 23.0 Å². The van der Waals surface area contributed by atoms with Gasteiger partial charge >= 0.3 is 0 Å². The van der Waals surface area contributed by atoms with Gasteiger partial charge in [-0.1, -0.05) is 12.5 Å². The van der Waals surface area contributed by atoms with E-state index in [4.69, 9.17) is 0 Å². The lowest BCUT2D eigenvalue weighted by molar-refractivity contribution is 0.0958. The van der Waals surface area contributed by atoms with Crippen LogP contribution in [0.5, 0.6) is 0 Å². The van der Waals surface area contributed by atoms with Crippen LogP contribution in [0.2, 0.25) is 0 Å². The summed E-state index contributed by atoms with van der Waals surface area (Å²) in [6.45, 7) is 0. The summed E-state index contributed by atoms with van der Waals surface area (Å²) < 4.78 is 0. The fourth-order valence-corrected chi connectivity index (χ4v) is 2.28. The van der Waals surface area contributed by atoms with Crippen LogP contribution in [0, 0.1) is 0 Å². The number of hydrogen-bond acceptors (Lipinski definition) is 3. The topological polar surface area (TPSA) is 41.5 Å². The van der Waals surface area contributed by atoms with Gasteiger partial charge in [0.25, 0.3) is 5.91 Å². The standard InChI is InChI=1S/C11H14N2OS/c14-11(10-7-4-8-15-10)13-12-9-5-2-1-3-6-9/h4,7-8H,1-3,5-6H2,(H,13,14). The number of amides is 1. The number of carbonyl (C=O) groups is 1. The van der Waals surface area contributed by atoms with Crippen molar-refractivity contribution in [3.8, 4) is 0 Å². The zero-order chi connectivity index (χ0) is 10.5. The highest BCUT2D eigenvalue weighted by molar-refractivity contribution is 7.12. The molecule has 3 nitrogen and oxygen atoms in total. The van der Waals surface area contributed by atoms with E-state index in [9.17, 15) is 4.79 Å². The second-order valence-corrected chi connectivity index (χ2v) is 4.60. The summed E-state index contributed by atoms with van der Waals surface area (Å²) in [5.41, 5.74) is 3.74. The molecule has 1 aliphatic rings. The van der Waals surface area contributed by atoms with Crippen LogP contribution in [-0.4, -0.2) is 11.6 Å². The molecule has 1 amide bonds. The molecule has 1 aromatic heterocycles. The molecule has 2 rings (SSSR count). The van der Waals surface area contributed by atoms with Gasteiger partial charge in [0.1, 0.15) is 0 Å². The first kappa shape index (κ1) is 10.4. The highest BCUT2D eigenvalue weighted by atomic mass is 32.1. The molecular formula is C11H14N2OS. The Morgan fingerprint density at radius 1 is 1.33 bits per heavy atom. The van der Waals surface area contributed by atoms with Crippen LogP contribution in [0.15, 0.2) is 22.6 Å². The van der Waals surface area contributed by atoms with Crippen LogP contribution in [-0.2, 0) is 0 Å².